The van der Waals surface area contributed by atoms with Gasteiger partial charge in [-0.3, -0.25) is 0 Å². The van der Waals surface area contributed by atoms with Gasteiger partial charge in [0.2, 0.25) is 0 Å². The van der Waals surface area contributed by atoms with E-state index in [0.29, 0.717) is 17.1 Å². The molecule has 1 aromatic carbocycles. The molecule has 0 aliphatic rings. The number of aryl methyl sites for hydroxylation is 1. The summed E-state index contributed by atoms with van der Waals surface area (Å²) in [6, 6.07) is 8.85. The molecule has 1 heterocycles. The quantitative estimate of drug-likeness (QED) is 0.826. The van der Waals surface area contributed by atoms with E-state index in [9.17, 15) is 4.79 Å². The van der Waals surface area contributed by atoms with Crippen LogP contribution in [0.1, 0.15) is 15.9 Å². The smallest absolute Gasteiger partial charge is 0.337 e. The molecule has 5 heteroatoms. The lowest BCUT2D eigenvalue weighted by Crippen LogP contribution is -2.03. The number of nitrogens with two attached hydrogens (primary N) is 1. The van der Waals surface area contributed by atoms with Crippen molar-refractivity contribution in [2.45, 2.75) is 6.92 Å². The molecule has 0 aliphatic heterocycles. The van der Waals surface area contributed by atoms with Crippen LogP contribution in [0.15, 0.2) is 36.5 Å². The Hall–Kier alpha value is -2.56. The molecule has 3 N–H and O–H groups in total. The van der Waals surface area contributed by atoms with Gasteiger partial charge in [-0.05, 0) is 36.8 Å². The van der Waals surface area contributed by atoms with Crippen molar-refractivity contribution in [1.29, 1.82) is 0 Å². The molecule has 0 saturated heterocycles. The Balaban J connectivity index is 2.28. The Labute approximate surface area is 111 Å². The molecule has 0 saturated carbocycles. The molecular weight excluding hydrogens is 242 g/mol. The van der Waals surface area contributed by atoms with E-state index in [4.69, 9.17) is 10.5 Å². The second-order valence-corrected chi connectivity index (χ2v) is 4.12. The van der Waals surface area contributed by atoms with E-state index in [1.165, 1.54) is 7.11 Å². The minimum Gasteiger partial charge on any atom is -0.465 e. The zero-order valence-electron chi connectivity index (χ0n) is 10.8. The molecule has 1 aromatic heterocycles. The number of carbonyl (C=O) groups excluding carboxylic acids is 1. The highest BCUT2D eigenvalue weighted by Gasteiger charge is 2.08. The molecule has 98 valence electrons. The number of pyridine rings is 1. The summed E-state index contributed by atoms with van der Waals surface area (Å²) in [4.78, 5) is 15.6. The molecule has 0 radical (unpaired) electrons. The van der Waals surface area contributed by atoms with Crippen LogP contribution in [0.2, 0.25) is 0 Å². The number of nitrogens with zero attached hydrogens (tertiary/aromatic N) is 1. The Morgan fingerprint density at radius 1 is 1.32 bits per heavy atom. The molecule has 2 rings (SSSR count). The number of carbonyl (C=O) groups is 1. The SMILES string of the molecule is COC(=O)c1ccc(C)c(Nc2ccc(N)cn2)c1. The number of rotatable bonds is 3. The number of hydrogen-bond acceptors (Lipinski definition) is 5. The first-order valence-electron chi connectivity index (χ1n) is 5.77. The number of anilines is 3. The van der Waals surface area contributed by atoms with E-state index in [0.717, 1.165) is 11.3 Å². The number of nitrogens with one attached hydrogen (secondary N) is 1. The van der Waals surface area contributed by atoms with Gasteiger partial charge in [-0.2, -0.15) is 0 Å². The molecule has 2 aromatic rings. The topological polar surface area (TPSA) is 77.2 Å². The van der Waals surface area contributed by atoms with Crippen LogP contribution in [-0.4, -0.2) is 18.1 Å². The van der Waals surface area contributed by atoms with Gasteiger partial charge >= 0.3 is 5.97 Å². The molecular formula is C14H15N3O2. The van der Waals surface area contributed by atoms with Gasteiger partial charge in [0.25, 0.3) is 0 Å². The lowest BCUT2D eigenvalue weighted by atomic mass is 10.1. The summed E-state index contributed by atoms with van der Waals surface area (Å²) in [6.45, 7) is 1.95. The van der Waals surface area contributed by atoms with E-state index in [-0.39, 0.29) is 5.97 Å². The Morgan fingerprint density at radius 2 is 2.11 bits per heavy atom. The third kappa shape index (κ3) is 3.01. The molecule has 19 heavy (non-hydrogen) atoms. The average Bonchev–Trinajstić information content (AvgIpc) is 2.43. The van der Waals surface area contributed by atoms with Gasteiger partial charge in [-0.1, -0.05) is 6.07 Å². The third-order valence-corrected chi connectivity index (χ3v) is 2.71. The Kier molecular flexibility index (Phi) is 3.66. The van der Waals surface area contributed by atoms with Gasteiger partial charge in [-0.25, -0.2) is 9.78 Å². The molecule has 0 aliphatic carbocycles. The summed E-state index contributed by atoms with van der Waals surface area (Å²) in [5.41, 5.74) is 8.49. The average molecular weight is 257 g/mol. The standard InChI is InChI=1S/C14H15N3O2/c1-9-3-4-10(14(18)19-2)7-12(9)17-13-6-5-11(15)8-16-13/h3-8H,15H2,1-2H3,(H,16,17). The number of methoxy groups -OCH3 is 1. The lowest BCUT2D eigenvalue weighted by Gasteiger charge is -2.10. The van der Waals surface area contributed by atoms with Crippen molar-refractivity contribution in [2.75, 3.05) is 18.2 Å². The number of aromatic nitrogens is 1. The first kappa shape index (κ1) is 12.9. The van der Waals surface area contributed by atoms with Crippen molar-refractivity contribution in [3.63, 3.8) is 0 Å². The van der Waals surface area contributed by atoms with Crippen molar-refractivity contribution in [3.8, 4) is 0 Å². The van der Waals surface area contributed by atoms with E-state index in [1.54, 1.807) is 30.5 Å². The fourth-order valence-electron chi connectivity index (χ4n) is 1.62. The van der Waals surface area contributed by atoms with E-state index < -0.39 is 0 Å². The fourth-order valence-corrected chi connectivity index (χ4v) is 1.62. The Morgan fingerprint density at radius 3 is 2.74 bits per heavy atom. The highest BCUT2D eigenvalue weighted by Crippen LogP contribution is 2.21. The lowest BCUT2D eigenvalue weighted by molar-refractivity contribution is 0.0601. The van der Waals surface area contributed by atoms with Crippen molar-refractivity contribution in [2.24, 2.45) is 0 Å². The van der Waals surface area contributed by atoms with Gasteiger partial charge in [-0.15, -0.1) is 0 Å². The first-order valence-corrected chi connectivity index (χ1v) is 5.77. The highest BCUT2D eigenvalue weighted by atomic mass is 16.5. The number of nitrogen functional groups attached to an aromatic ring is 1. The fraction of sp³-hybridized carbons (Fsp3) is 0.143. The van der Waals surface area contributed by atoms with Crippen LogP contribution >= 0.6 is 0 Å². The van der Waals surface area contributed by atoms with Crippen LogP contribution in [0.4, 0.5) is 17.2 Å². The number of ether oxygens (including phenoxy) is 1. The van der Waals surface area contributed by atoms with Gasteiger partial charge < -0.3 is 15.8 Å². The van der Waals surface area contributed by atoms with Crippen LogP contribution in [-0.2, 0) is 4.74 Å². The predicted octanol–water partition coefficient (Wildman–Crippen LogP) is 2.50. The summed E-state index contributed by atoms with van der Waals surface area (Å²) in [5, 5.41) is 3.14. The second-order valence-electron chi connectivity index (χ2n) is 4.12. The van der Waals surface area contributed by atoms with Gasteiger partial charge in [0.1, 0.15) is 5.82 Å². The van der Waals surface area contributed by atoms with Crippen molar-refractivity contribution in [3.05, 3.63) is 47.7 Å². The minimum absolute atomic E-state index is 0.367. The van der Waals surface area contributed by atoms with Crippen LogP contribution in [0.5, 0.6) is 0 Å². The first-order chi connectivity index (χ1) is 9.10. The third-order valence-electron chi connectivity index (χ3n) is 2.71. The molecule has 0 amide bonds. The van der Waals surface area contributed by atoms with E-state index in [2.05, 4.69) is 10.3 Å². The minimum atomic E-state index is -0.367. The van der Waals surface area contributed by atoms with Gasteiger partial charge in [0.05, 0.1) is 24.6 Å². The normalized spacial score (nSPS) is 10.0. The van der Waals surface area contributed by atoms with Crippen molar-refractivity contribution >= 4 is 23.2 Å². The number of hydrogen-bond donors (Lipinski definition) is 2. The number of benzene rings is 1. The molecule has 0 unspecified atom stereocenters. The van der Waals surface area contributed by atoms with Crippen LogP contribution in [0.25, 0.3) is 0 Å². The van der Waals surface area contributed by atoms with Crippen LogP contribution in [0, 0.1) is 6.92 Å². The molecule has 5 nitrogen and oxygen atoms in total. The number of esters is 1. The second kappa shape index (κ2) is 5.39. The maximum absolute atomic E-state index is 11.5. The van der Waals surface area contributed by atoms with E-state index >= 15 is 0 Å². The van der Waals surface area contributed by atoms with E-state index in [1.807, 2.05) is 13.0 Å². The monoisotopic (exact) mass is 257 g/mol. The predicted molar refractivity (Wildman–Crippen MR) is 74.5 cm³/mol. The maximum atomic E-state index is 11.5. The van der Waals surface area contributed by atoms with Crippen molar-refractivity contribution in [1.82, 2.24) is 4.98 Å². The summed E-state index contributed by atoms with van der Waals surface area (Å²) in [5.74, 6) is 0.299. The molecule has 0 fully saturated rings. The largest absolute Gasteiger partial charge is 0.465 e. The van der Waals surface area contributed by atoms with Gasteiger partial charge in [0, 0.05) is 5.69 Å². The van der Waals surface area contributed by atoms with Crippen molar-refractivity contribution < 1.29 is 9.53 Å². The van der Waals surface area contributed by atoms with Crippen LogP contribution in [0.3, 0.4) is 0 Å². The summed E-state index contributed by atoms with van der Waals surface area (Å²) >= 11 is 0. The van der Waals surface area contributed by atoms with Gasteiger partial charge in [0.15, 0.2) is 0 Å². The highest BCUT2D eigenvalue weighted by molar-refractivity contribution is 5.91. The zero-order chi connectivity index (χ0) is 13.8. The molecule has 0 bridgehead atoms. The molecule has 0 spiro atoms. The zero-order valence-corrected chi connectivity index (χ0v) is 10.8. The summed E-state index contributed by atoms with van der Waals surface area (Å²) in [7, 11) is 1.36. The maximum Gasteiger partial charge on any atom is 0.337 e. The van der Waals surface area contributed by atoms with Crippen LogP contribution < -0.4 is 11.1 Å². The Bertz CT molecular complexity index is 594. The molecule has 0 atom stereocenters. The summed E-state index contributed by atoms with van der Waals surface area (Å²) in [6.07, 6.45) is 1.57. The summed E-state index contributed by atoms with van der Waals surface area (Å²) < 4.78 is 4.70.